The number of aryl methyl sites for hydroxylation is 1. The SMILES string of the molecule is CS(=O)(=O)Oc1ccc(CC(=O)OCCc2ccc(CC(SCCc3ccc(F)cc3)C(=O)O)cc2)cc1. The van der Waals surface area contributed by atoms with Gasteiger partial charge in [-0.2, -0.15) is 8.42 Å². The second-order valence-electron chi connectivity index (χ2n) is 8.67. The van der Waals surface area contributed by atoms with E-state index in [-0.39, 0.29) is 24.6 Å². The molecule has 3 rings (SSSR count). The maximum absolute atomic E-state index is 13.0. The summed E-state index contributed by atoms with van der Waals surface area (Å²) in [7, 11) is -3.61. The highest BCUT2D eigenvalue weighted by Crippen LogP contribution is 2.20. The number of ether oxygens (including phenoxy) is 1. The van der Waals surface area contributed by atoms with E-state index < -0.39 is 27.3 Å². The highest BCUT2D eigenvalue weighted by molar-refractivity contribution is 8.00. The van der Waals surface area contributed by atoms with E-state index in [9.17, 15) is 27.5 Å². The van der Waals surface area contributed by atoms with Crippen LogP contribution in [0.1, 0.15) is 22.3 Å². The Hall–Kier alpha value is -3.37. The molecule has 0 amide bonds. The van der Waals surface area contributed by atoms with E-state index in [1.807, 2.05) is 24.3 Å². The zero-order chi connectivity index (χ0) is 27.5. The number of carbonyl (C=O) groups is 2. The Kier molecular flexibility index (Phi) is 10.7. The molecule has 0 aromatic heterocycles. The van der Waals surface area contributed by atoms with Gasteiger partial charge in [0.15, 0.2) is 0 Å². The molecule has 0 aliphatic heterocycles. The Morgan fingerprint density at radius 1 is 0.868 bits per heavy atom. The molecule has 38 heavy (non-hydrogen) atoms. The van der Waals surface area contributed by atoms with Crippen LogP contribution in [0.3, 0.4) is 0 Å². The van der Waals surface area contributed by atoms with Gasteiger partial charge in [-0.25, -0.2) is 4.39 Å². The standard InChI is InChI=1S/C28H29FO7S2/c1-38(33,34)36-25-12-8-23(9-13-25)19-27(30)35-16-14-20-2-4-22(5-3-20)18-26(28(31)32)37-17-15-21-6-10-24(29)11-7-21/h2-13,26H,14-19H2,1H3,(H,31,32). The van der Waals surface area contributed by atoms with Crippen LogP contribution in [0.5, 0.6) is 5.75 Å². The molecule has 0 heterocycles. The monoisotopic (exact) mass is 560 g/mol. The van der Waals surface area contributed by atoms with Crippen molar-refractivity contribution in [1.29, 1.82) is 0 Å². The van der Waals surface area contributed by atoms with Crippen LogP contribution in [-0.2, 0) is 50.1 Å². The van der Waals surface area contributed by atoms with Crippen LogP contribution in [-0.4, -0.2) is 49.3 Å². The molecule has 7 nitrogen and oxygen atoms in total. The molecule has 1 unspecified atom stereocenters. The topological polar surface area (TPSA) is 107 Å². The van der Waals surface area contributed by atoms with Crippen molar-refractivity contribution in [2.24, 2.45) is 0 Å². The molecule has 0 aliphatic rings. The van der Waals surface area contributed by atoms with Gasteiger partial charge in [0, 0.05) is 6.42 Å². The smallest absolute Gasteiger partial charge is 0.316 e. The fraction of sp³-hybridized carbons (Fsp3) is 0.286. The quantitative estimate of drug-likeness (QED) is 0.228. The van der Waals surface area contributed by atoms with Crippen molar-refractivity contribution in [3.63, 3.8) is 0 Å². The molecule has 10 heteroatoms. The molecule has 202 valence electrons. The largest absolute Gasteiger partial charge is 0.480 e. The number of carbonyl (C=O) groups excluding carboxylic acids is 1. The van der Waals surface area contributed by atoms with Crippen molar-refractivity contribution in [2.45, 2.75) is 30.9 Å². The summed E-state index contributed by atoms with van der Waals surface area (Å²) in [5, 5.41) is 9.02. The summed E-state index contributed by atoms with van der Waals surface area (Å²) in [6.45, 7) is 0.199. The third kappa shape index (κ3) is 10.5. The second kappa shape index (κ2) is 14.0. The summed E-state index contributed by atoms with van der Waals surface area (Å²) in [5.41, 5.74) is 3.49. The van der Waals surface area contributed by atoms with Gasteiger partial charge in [0.25, 0.3) is 0 Å². The van der Waals surface area contributed by atoms with Gasteiger partial charge in [-0.05, 0) is 65.1 Å². The van der Waals surface area contributed by atoms with Crippen LogP contribution >= 0.6 is 11.8 Å². The first kappa shape index (κ1) is 29.2. The summed E-state index contributed by atoms with van der Waals surface area (Å²) >= 11 is 1.36. The van der Waals surface area contributed by atoms with Crippen molar-refractivity contribution in [3.05, 3.63) is 101 Å². The molecular weight excluding hydrogens is 531 g/mol. The predicted molar refractivity (Wildman–Crippen MR) is 144 cm³/mol. The number of carboxylic acid groups (broad SMARTS) is 1. The van der Waals surface area contributed by atoms with E-state index in [0.717, 1.165) is 22.9 Å². The molecule has 0 bridgehead atoms. The number of thioether (sulfide) groups is 1. The zero-order valence-electron chi connectivity index (χ0n) is 20.8. The van der Waals surface area contributed by atoms with Gasteiger partial charge in [-0.1, -0.05) is 48.5 Å². The van der Waals surface area contributed by atoms with Crippen LogP contribution in [0.4, 0.5) is 4.39 Å². The Balaban J connectivity index is 1.40. The molecule has 0 radical (unpaired) electrons. The molecule has 0 saturated carbocycles. The number of carboxylic acids is 1. The molecule has 0 saturated heterocycles. The van der Waals surface area contributed by atoms with E-state index >= 15 is 0 Å². The highest BCUT2D eigenvalue weighted by Gasteiger charge is 2.18. The normalized spacial score (nSPS) is 12.1. The predicted octanol–water partition coefficient (Wildman–Crippen LogP) is 4.46. The number of halogens is 1. The molecule has 0 fully saturated rings. The highest BCUT2D eigenvalue weighted by atomic mass is 32.2. The van der Waals surface area contributed by atoms with Crippen LogP contribution in [0, 0.1) is 5.82 Å². The fourth-order valence-electron chi connectivity index (χ4n) is 3.58. The molecule has 0 spiro atoms. The molecular formula is C28H29FO7S2. The average molecular weight is 561 g/mol. The Bertz CT molecular complexity index is 1310. The number of rotatable bonds is 14. The summed E-state index contributed by atoms with van der Waals surface area (Å²) in [6, 6.07) is 19.9. The van der Waals surface area contributed by atoms with Crippen LogP contribution in [0.2, 0.25) is 0 Å². The molecule has 1 atom stereocenters. The Morgan fingerprint density at radius 2 is 1.42 bits per heavy atom. The van der Waals surface area contributed by atoms with E-state index in [0.29, 0.717) is 30.6 Å². The van der Waals surface area contributed by atoms with Crippen molar-refractivity contribution in [3.8, 4) is 5.75 Å². The van der Waals surface area contributed by atoms with Crippen molar-refractivity contribution >= 4 is 33.8 Å². The van der Waals surface area contributed by atoms with Gasteiger partial charge < -0.3 is 14.0 Å². The first-order valence-corrected chi connectivity index (χ1v) is 14.7. The second-order valence-corrected chi connectivity index (χ2v) is 11.6. The van der Waals surface area contributed by atoms with E-state index in [1.54, 1.807) is 24.3 Å². The van der Waals surface area contributed by atoms with Gasteiger partial charge in [0.1, 0.15) is 16.8 Å². The maximum atomic E-state index is 13.0. The average Bonchev–Trinajstić information content (AvgIpc) is 2.86. The number of hydrogen-bond donors (Lipinski definition) is 1. The van der Waals surface area contributed by atoms with E-state index in [1.165, 1.54) is 36.0 Å². The van der Waals surface area contributed by atoms with Crippen molar-refractivity contribution in [2.75, 3.05) is 18.6 Å². The first-order chi connectivity index (χ1) is 18.1. The summed E-state index contributed by atoms with van der Waals surface area (Å²) in [6.07, 6.45) is 2.56. The summed E-state index contributed by atoms with van der Waals surface area (Å²) < 4.78 is 45.4. The minimum Gasteiger partial charge on any atom is -0.480 e. The minimum atomic E-state index is -3.61. The van der Waals surface area contributed by atoms with Gasteiger partial charge in [0.05, 0.1) is 19.3 Å². The van der Waals surface area contributed by atoms with Crippen LogP contribution in [0.25, 0.3) is 0 Å². The Labute approximate surface area is 226 Å². The van der Waals surface area contributed by atoms with Crippen LogP contribution < -0.4 is 4.18 Å². The lowest BCUT2D eigenvalue weighted by molar-refractivity contribution is -0.142. The van der Waals surface area contributed by atoms with Gasteiger partial charge in [0.2, 0.25) is 0 Å². The molecule has 1 N–H and O–H groups in total. The third-order valence-electron chi connectivity index (χ3n) is 5.52. The molecule has 0 aliphatic carbocycles. The van der Waals surface area contributed by atoms with Gasteiger partial charge >= 0.3 is 22.1 Å². The number of aliphatic carboxylic acids is 1. The number of benzene rings is 3. The maximum Gasteiger partial charge on any atom is 0.316 e. The fourth-order valence-corrected chi connectivity index (χ4v) is 5.13. The van der Waals surface area contributed by atoms with Crippen molar-refractivity contribution in [1.82, 2.24) is 0 Å². The van der Waals surface area contributed by atoms with E-state index in [4.69, 9.17) is 8.92 Å². The third-order valence-corrected chi connectivity index (χ3v) is 7.22. The summed E-state index contributed by atoms with van der Waals surface area (Å²) in [5.74, 6) is -0.780. The summed E-state index contributed by atoms with van der Waals surface area (Å²) in [4.78, 5) is 23.8. The van der Waals surface area contributed by atoms with Crippen LogP contribution in [0.15, 0.2) is 72.8 Å². The molecule has 3 aromatic rings. The van der Waals surface area contributed by atoms with Crippen molar-refractivity contribution < 1.29 is 36.4 Å². The van der Waals surface area contributed by atoms with Gasteiger partial charge in [-0.15, -0.1) is 11.8 Å². The molecule has 3 aromatic carbocycles. The Morgan fingerprint density at radius 3 is 2.03 bits per heavy atom. The lowest BCUT2D eigenvalue weighted by Gasteiger charge is -2.13. The van der Waals surface area contributed by atoms with Gasteiger partial charge in [-0.3, -0.25) is 9.59 Å². The number of hydrogen-bond acceptors (Lipinski definition) is 7. The minimum absolute atomic E-state index is 0.0491. The zero-order valence-corrected chi connectivity index (χ0v) is 22.5. The first-order valence-electron chi connectivity index (χ1n) is 11.9. The lowest BCUT2D eigenvalue weighted by atomic mass is 10.1. The number of esters is 1. The lowest BCUT2D eigenvalue weighted by Crippen LogP contribution is -2.20. The van der Waals surface area contributed by atoms with E-state index in [2.05, 4.69) is 0 Å².